The summed E-state index contributed by atoms with van der Waals surface area (Å²) in [6.07, 6.45) is 2.56. The van der Waals surface area contributed by atoms with Crippen LogP contribution in [0.5, 0.6) is 0 Å². The van der Waals surface area contributed by atoms with Gasteiger partial charge >= 0.3 is 0 Å². The third-order valence-electron chi connectivity index (χ3n) is 3.51. The van der Waals surface area contributed by atoms with E-state index in [1.54, 1.807) is 0 Å². The predicted octanol–water partition coefficient (Wildman–Crippen LogP) is 2.84. The Bertz CT molecular complexity index is 187. The summed E-state index contributed by atoms with van der Waals surface area (Å²) in [6.45, 7) is 13.0. The fourth-order valence-corrected chi connectivity index (χ4v) is 3.60. The maximum atomic E-state index is 3.66. The Balaban J connectivity index is 2.48. The van der Waals surface area contributed by atoms with Crippen LogP contribution in [0.1, 0.15) is 40.5 Å². The first-order valence-corrected chi connectivity index (χ1v) is 8.38. The summed E-state index contributed by atoms with van der Waals surface area (Å²) in [5.41, 5.74) is 0. The second-order valence-electron chi connectivity index (χ2n) is 5.54. The molecule has 1 aliphatic rings. The number of nitrogens with zero attached hydrogens (tertiary/aromatic N) is 1. The molecule has 2 nitrogen and oxygen atoms in total. The Kier molecular flexibility index (Phi) is 7.56. The molecular weight excluding hydrogens is 228 g/mol. The van der Waals surface area contributed by atoms with Crippen LogP contribution < -0.4 is 5.32 Å². The van der Waals surface area contributed by atoms with Gasteiger partial charge < -0.3 is 5.32 Å². The third-order valence-corrected chi connectivity index (χ3v) is 4.64. The van der Waals surface area contributed by atoms with E-state index in [2.05, 4.69) is 49.7 Å². The van der Waals surface area contributed by atoms with Gasteiger partial charge in [-0.25, -0.2) is 0 Å². The van der Waals surface area contributed by atoms with E-state index in [9.17, 15) is 0 Å². The minimum Gasteiger partial charge on any atom is -0.311 e. The van der Waals surface area contributed by atoms with Gasteiger partial charge in [-0.2, -0.15) is 11.8 Å². The molecule has 1 atom stereocenters. The van der Waals surface area contributed by atoms with Crippen molar-refractivity contribution in [2.45, 2.75) is 52.6 Å². The molecule has 0 spiro atoms. The van der Waals surface area contributed by atoms with E-state index in [-0.39, 0.29) is 0 Å². The van der Waals surface area contributed by atoms with E-state index in [1.165, 1.54) is 44.0 Å². The zero-order chi connectivity index (χ0) is 12.7. The normalized spacial score (nSPS) is 21.7. The van der Waals surface area contributed by atoms with Gasteiger partial charge in [-0.05, 0) is 18.8 Å². The fourth-order valence-electron chi connectivity index (χ4n) is 2.67. The molecule has 3 heteroatoms. The van der Waals surface area contributed by atoms with Crippen molar-refractivity contribution in [2.24, 2.45) is 5.92 Å². The highest BCUT2D eigenvalue weighted by molar-refractivity contribution is 7.99. The zero-order valence-electron chi connectivity index (χ0n) is 12.0. The van der Waals surface area contributed by atoms with Crippen LogP contribution in [0, 0.1) is 5.92 Å². The molecule has 1 aliphatic heterocycles. The monoisotopic (exact) mass is 258 g/mol. The lowest BCUT2D eigenvalue weighted by Gasteiger charge is -2.36. The average molecular weight is 258 g/mol. The van der Waals surface area contributed by atoms with Gasteiger partial charge in [-0.1, -0.05) is 27.7 Å². The lowest BCUT2D eigenvalue weighted by atomic mass is 10.1. The van der Waals surface area contributed by atoms with Crippen LogP contribution in [0.25, 0.3) is 0 Å². The van der Waals surface area contributed by atoms with Crippen LogP contribution in [0.15, 0.2) is 0 Å². The molecule has 1 unspecified atom stereocenters. The molecule has 0 aromatic heterocycles. The summed E-state index contributed by atoms with van der Waals surface area (Å²) in [4.78, 5) is 2.72. The number of rotatable bonds is 7. The lowest BCUT2D eigenvalue weighted by Crippen LogP contribution is -2.49. The predicted molar refractivity (Wildman–Crippen MR) is 79.9 cm³/mol. The second kappa shape index (κ2) is 8.39. The first-order chi connectivity index (χ1) is 8.17. The Hall–Kier alpha value is 0.270. The van der Waals surface area contributed by atoms with E-state index in [0.717, 1.165) is 12.0 Å². The highest BCUT2D eigenvalue weighted by Gasteiger charge is 2.21. The van der Waals surface area contributed by atoms with Crippen molar-refractivity contribution in [3.05, 3.63) is 0 Å². The van der Waals surface area contributed by atoms with Crippen LogP contribution >= 0.6 is 11.8 Å². The maximum Gasteiger partial charge on any atom is 0.0286 e. The van der Waals surface area contributed by atoms with E-state index in [4.69, 9.17) is 0 Å². The number of hydrogen-bond donors (Lipinski definition) is 1. The van der Waals surface area contributed by atoms with Crippen molar-refractivity contribution in [1.29, 1.82) is 0 Å². The molecule has 0 aromatic rings. The number of nitrogens with one attached hydrogen (secondary N) is 1. The van der Waals surface area contributed by atoms with Gasteiger partial charge in [0, 0.05) is 43.2 Å². The van der Waals surface area contributed by atoms with E-state index < -0.39 is 0 Å². The Morgan fingerprint density at radius 1 is 1.29 bits per heavy atom. The van der Waals surface area contributed by atoms with E-state index >= 15 is 0 Å². The number of thioether (sulfide) groups is 1. The summed E-state index contributed by atoms with van der Waals surface area (Å²) in [5, 5.41) is 3.66. The molecule has 102 valence electrons. The topological polar surface area (TPSA) is 15.3 Å². The molecule has 17 heavy (non-hydrogen) atoms. The highest BCUT2D eigenvalue weighted by Crippen LogP contribution is 2.15. The average Bonchev–Trinajstić information content (AvgIpc) is 2.31. The van der Waals surface area contributed by atoms with Crippen LogP contribution in [0.4, 0.5) is 0 Å². The maximum absolute atomic E-state index is 3.66. The van der Waals surface area contributed by atoms with Crippen LogP contribution in [0.2, 0.25) is 0 Å². The van der Waals surface area contributed by atoms with Crippen LogP contribution in [0.3, 0.4) is 0 Å². The molecule has 1 saturated heterocycles. The van der Waals surface area contributed by atoms with Gasteiger partial charge in [0.15, 0.2) is 0 Å². The first kappa shape index (κ1) is 15.3. The Morgan fingerprint density at radius 2 is 2.00 bits per heavy atom. The van der Waals surface area contributed by atoms with Gasteiger partial charge in [0.05, 0.1) is 0 Å². The van der Waals surface area contributed by atoms with Gasteiger partial charge in [-0.15, -0.1) is 0 Å². The summed E-state index contributed by atoms with van der Waals surface area (Å²) in [5.74, 6) is 3.34. The molecule has 0 amide bonds. The summed E-state index contributed by atoms with van der Waals surface area (Å²) < 4.78 is 0. The van der Waals surface area contributed by atoms with Crippen molar-refractivity contribution in [1.82, 2.24) is 10.2 Å². The van der Waals surface area contributed by atoms with Gasteiger partial charge in [0.25, 0.3) is 0 Å². The molecular formula is C14H30N2S. The molecule has 0 aromatic carbocycles. The van der Waals surface area contributed by atoms with E-state index in [1.807, 2.05) is 0 Å². The van der Waals surface area contributed by atoms with Crippen LogP contribution in [-0.4, -0.2) is 48.1 Å². The molecule has 1 N–H and O–H groups in total. The van der Waals surface area contributed by atoms with E-state index in [0.29, 0.717) is 6.04 Å². The van der Waals surface area contributed by atoms with Gasteiger partial charge in [-0.3, -0.25) is 4.90 Å². The SMILES string of the molecule is CCC(CC)N(CC(C)C)CC1CSCCN1. The summed E-state index contributed by atoms with van der Waals surface area (Å²) >= 11 is 2.10. The number of hydrogen-bond acceptors (Lipinski definition) is 3. The zero-order valence-corrected chi connectivity index (χ0v) is 12.9. The van der Waals surface area contributed by atoms with Gasteiger partial charge in [0.2, 0.25) is 0 Å². The standard InChI is InChI=1S/C14H30N2S/c1-5-14(6-2)16(9-12(3)4)10-13-11-17-8-7-15-13/h12-15H,5-11H2,1-4H3. The molecule has 1 rings (SSSR count). The Morgan fingerprint density at radius 3 is 2.47 bits per heavy atom. The second-order valence-corrected chi connectivity index (χ2v) is 6.69. The molecule has 1 fully saturated rings. The summed E-state index contributed by atoms with van der Waals surface area (Å²) in [7, 11) is 0. The van der Waals surface area contributed by atoms with Crippen molar-refractivity contribution in [3.8, 4) is 0 Å². The van der Waals surface area contributed by atoms with Gasteiger partial charge in [0.1, 0.15) is 0 Å². The molecule has 0 saturated carbocycles. The molecule has 0 aliphatic carbocycles. The quantitative estimate of drug-likeness (QED) is 0.756. The minimum absolute atomic E-state index is 0.702. The van der Waals surface area contributed by atoms with Crippen molar-refractivity contribution < 1.29 is 0 Å². The van der Waals surface area contributed by atoms with Crippen LogP contribution in [-0.2, 0) is 0 Å². The van der Waals surface area contributed by atoms with Crippen molar-refractivity contribution in [3.63, 3.8) is 0 Å². The molecule has 0 bridgehead atoms. The highest BCUT2D eigenvalue weighted by atomic mass is 32.2. The largest absolute Gasteiger partial charge is 0.311 e. The Labute approximate surface area is 112 Å². The summed E-state index contributed by atoms with van der Waals surface area (Å²) in [6, 6.07) is 1.47. The molecule has 1 heterocycles. The van der Waals surface area contributed by atoms with Crippen molar-refractivity contribution >= 4 is 11.8 Å². The smallest absolute Gasteiger partial charge is 0.0286 e. The first-order valence-electron chi connectivity index (χ1n) is 7.22. The molecule has 0 radical (unpaired) electrons. The third kappa shape index (κ3) is 5.62. The van der Waals surface area contributed by atoms with Crippen molar-refractivity contribution in [2.75, 3.05) is 31.1 Å². The minimum atomic E-state index is 0.702. The lowest BCUT2D eigenvalue weighted by molar-refractivity contribution is 0.152. The fraction of sp³-hybridized carbons (Fsp3) is 1.00.